The van der Waals surface area contributed by atoms with Gasteiger partial charge in [-0.05, 0) is 31.7 Å². The minimum Gasteiger partial charge on any atom is -0.329 e. The zero-order chi connectivity index (χ0) is 12.5. The molecule has 0 aromatic heterocycles. The van der Waals surface area contributed by atoms with Gasteiger partial charge in [0.2, 0.25) is 0 Å². The van der Waals surface area contributed by atoms with Gasteiger partial charge in [-0.25, -0.2) is 0 Å². The van der Waals surface area contributed by atoms with Gasteiger partial charge in [0.1, 0.15) is 0 Å². The summed E-state index contributed by atoms with van der Waals surface area (Å²) in [7, 11) is 0. The van der Waals surface area contributed by atoms with Crippen LogP contribution in [0, 0.1) is 5.92 Å². The summed E-state index contributed by atoms with van der Waals surface area (Å²) in [5, 5.41) is 3.68. The van der Waals surface area contributed by atoms with Gasteiger partial charge in [-0.15, -0.1) is 0 Å². The molecule has 1 rings (SSSR count). The van der Waals surface area contributed by atoms with Crippen molar-refractivity contribution in [2.45, 2.75) is 52.0 Å². The molecule has 0 aromatic carbocycles. The van der Waals surface area contributed by atoms with E-state index in [1.54, 1.807) is 0 Å². The van der Waals surface area contributed by atoms with Gasteiger partial charge < -0.3 is 16.0 Å². The van der Waals surface area contributed by atoms with E-state index < -0.39 is 0 Å². The second-order valence-corrected chi connectivity index (χ2v) is 5.44. The fourth-order valence-electron chi connectivity index (χ4n) is 2.87. The Morgan fingerprint density at radius 1 is 1.24 bits per heavy atom. The third-order valence-corrected chi connectivity index (χ3v) is 3.71. The monoisotopic (exact) mass is 241 g/mol. The summed E-state index contributed by atoms with van der Waals surface area (Å²) >= 11 is 0. The van der Waals surface area contributed by atoms with Crippen LogP contribution in [0.5, 0.6) is 0 Å². The van der Waals surface area contributed by atoms with Crippen molar-refractivity contribution in [2.24, 2.45) is 11.7 Å². The van der Waals surface area contributed by atoms with Gasteiger partial charge in [-0.1, -0.05) is 26.7 Å². The van der Waals surface area contributed by atoms with Gasteiger partial charge in [0.05, 0.1) is 0 Å². The Kier molecular flexibility index (Phi) is 7.82. The highest BCUT2D eigenvalue weighted by Gasteiger charge is 2.25. The summed E-state index contributed by atoms with van der Waals surface area (Å²) in [4.78, 5) is 2.55. The summed E-state index contributed by atoms with van der Waals surface area (Å²) in [6, 6.07) is 0.692. The molecule has 2 atom stereocenters. The number of likely N-dealkylation sites (tertiary alicyclic amines) is 1. The molecule has 0 aromatic rings. The number of hydrogen-bond donors (Lipinski definition) is 2. The molecular formula is C14H31N3. The molecule has 3 N–H and O–H groups in total. The summed E-state index contributed by atoms with van der Waals surface area (Å²) < 4.78 is 0. The van der Waals surface area contributed by atoms with Crippen LogP contribution in [0.15, 0.2) is 0 Å². The Hall–Kier alpha value is -0.120. The highest BCUT2D eigenvalue weighted by atomic mass is 15.2. The molecule has 1 heterocycles. The van der Waals surface area contributed by atoms with Crippen LogP contribution in [-0.4, -0.2) is 43.7 Å². The van der Waals surface area contributed by atoms with Crippen LogP contribution in [0.4, 0.5) is 0 Å². The van der Waals surface area contributed by atoms with Gasteiger partial charge in [0, 0.05) is 32.2 Å². The third kappa shape index (κ3) is 5.84. The maximum Gasteiger partial charge on any atom is 0.0198 e. The first-order chi connectivity index (χ1) is 8.30. The van der Waals surface area contributed by atoms with Gasteiger partial charge in [0.25, 0.3) is 0 Å². The number of unbranched alkanes of at least 4 members (excludes halogenated alkanes) is 1. The Bertz CT molecular complexity index is 168. The third-order valence-electron chi connectivity index (χ3n) is 3.71. The molecule has 0 amide bonds. The smallest absolute Gasteiger partial charge is 0.0198 e. The van der Waals surface area contributed by atoms with Gasteiger partial charge >= 0.3 is 0 Å². The van der Waals surface area contributed by atoms with Crippen molar-refractivity contribution in [1.82, 2.24) is 10.2 Å². The van der Waals surface area contributed by atoms with E-state index in [1.165, 1.54) is 45.2 Å². The van der Waals surface area contributed by atoms with Crippen molar-refractivity contribution in [3.8, 4) is 0 Å². The van der Waals surface area contributed by atoms with Crippen molar-refractivity contribution in [1.29, 1.82) is 0 Å². The second-order valence-electron chi connectivity index (χ2n) is 5.44. The average molecular weight is 241 g/mol. The lowest BCUT2D eigenvalue weighted by Crippen LogP contribution is -2.50. The first-order valence-corrected chi connectivity index (χ1v) is 7.45. The van der Waals surface area contributed by atoms with Gasteiger partial charge in [0.15, 0.2) is 0 Å². The van der Waals surface area contributed by atoms with Gasteiger partial charge in [-0.2, -0.15) is 0 Å². The summed E-state index contributed by atoms with van der Waals surface area (Å²) in [6.45, 7) is 9.99. The summed E-state index contributed by atoms with van der Waals surface area (Å²) in [5.41, 5.74) is 5.69. The number of hydrogen-bond acceptors (Lipinski definition) is 3. The zero-order valence-corrected chi connectivity index (χ0v) is 11.8. The number of rotatable bonds is 8. The standard InChI is InChI=1S/C14H31N3/c1-3-5-6-13-10-14(16-8-4-2)12-17(11-13)9-7-15/h13-14,16H,3-12,15H2,1-2H3. The number of nitrogens with one attached hydrogen (secondary N) is 1. The van der Waals surface area contributed by atoms with E-state index in [-0.39, 0.29) is 0 Å². The van der Waals surface area contributed by atoms with E-state index in [2.05, 4.69) is 24.1 Å². The molecule has 17 heavy (non-hydrogen) atoms. The van der Waals surface area contributed by atoms with Crippen molar-refractivity contribution < 1.29 is 0 Å². The van der Waals surface area contributed by atoms with E-state index >= 15 is 0 Å². The molecule has 3 heteroatoms. The fraction of sp³-hybridized carbons (Fsp3) is 1.00. The van der Waals surface area contributed by atoms with E-state index in [1.807, 2.05) is 0 Å². The van der Waals surface area contributed by atoms with Crippen LogP contribution in [0.2, 0.25) is 0 Å². The average Bonchev–Trinajstić information content (AvgIpc) is 2.34. The predicted molar refractivity (Wildman–Crippen MR) is 75.2 cm³/mol. The summed E-state index contributed by atoms with van der Waals surface area (Å²) in [5.74, 6) is 0.879. The Labute approximate surface area is 107 Å². The Morgan fingerprint density at radius 2 is 2.06 bits per heavy atom. The molecule has 0 saturated carbocycles. The number of piperidine rings is 1. The molecule has 1 fully saturated rings. The lowest BCUT2D eigenvalue weighted by molar-refractivity contribution is 0.138. The lowest BCUT2D eigenvalue weighted by atomic mass is 9.90. The van der Waals surface area contributed by atoms with Crippen LogP contribution >= 0.6 is 0 Å². The molecule has 1 aliphatic heterocycles. The van der Waals surface area contributed by atoms with Crippen LogP contribution in [-0.2, 0) is 0 Å². The van der Waals surface area contributed by atoms with E-state index in [9.17, 15) is 0 Å². The fourth-order valence-corrected chi connectivity index (χ4v) is 2.87. The zero-order valence-electron chi connectivity index (χ0n) is 11.8. The Balaban J connectivity index is 2.37. The van der Waals surface area contributed by atoms with Crippen molar-refractivity contribution in [3.05, 3.63) is 0 Å². The minimum atomic E-state index is 0.692. The number of nitrogens with two attached hydrogens (primary N) is 1. The predicted octanol–water partition coefficient (Wildman–Crippen LogP) is 1.83. The van der Waals surface area contributed by atoms with Crippen molar-refractivity contribution >= 4 is 0 Å². The molecule has 0 bridgehead atoms. The van der Waals surface area contributed by atoms with Crippen molar-refractivity contribution in [2.75, 3.05) is 32.7 Å². The lowest BCUT2D eigenvalue weighted by Gasteiger charge is -2.38. The first kappa shape index (κ1) is 14.9. The second kappa shape index (κ2) is 8.90. The van der Waals surface area contributed by atoms with Crippen LogP contribution in [0.3, 0.4) is 0 Å². The molecule has 1 saturated heterocycles. The van der Waals surface area contributed by atoms with Crippen LogP contribution in [0.25, 0.3) is 0 Å². The van der Waals surface area contributed by atoms with Crippen LogP contribution < -0.4 is 11.1 Å². The van der Waals surface area contributed by atoms with E-state index in [0.29, 0.717) is 6.04 Å². The molecule has 2 unspecified atom stereocenters. The quantitative estimate of drug-likeness (QED) is 0.681. The molecule has 0 spiro atoms. The number of nitrogens with zero attached hydrogens (tertiary/aromatic N) is 1. The molecular weight excluding hydrogens is 210 g/mol. The first-order valence-electron chi connectivity index (χ1n) is 7.45. The molecule has 0 aliphatic carbocycles. The van der Waals surface area contributed by atoms with Crippen LogP contribution in [0.1, 0.15) is 46.0 Å². The highest BCUT2D eigenvalue weighted by Crippen LogP contribution is 2.21. The largest absolute Gasteiger partial charge is 0.329 e. The van der Waals surface area contributed by atoms with Crippen molar-refractivity contribution in [3.63, 3.8) is 0 Å². The summed E-state index contributed by atoms with van der Waals surface area (Å²) in [6.07, 6.45) is 6.68. The van der Waals surface area contributed by atoms with E-state index in [0.717, 1.165) is 25.6 Å². The highest BCUT2D eigenvalue weighted by molar-refractivity contribution is 4.83. The maximum atomic E-state index is 5.69. The minimum absolute atomic E-state index is 0.692. The normalized spacial score (nSPS) is 26.3. The molecule has 1 aliphatic rings. The molecule has 3 nitrogen and oxygen atoms in total. The molecule has 0 radical (unpaired) electrons. The van der Waals surface area contributed by atoms with Gasteiger partial charge in [-0.3, -0.25) is 0 Å². The molecule has 102 valence electrons. The Morgan fingerprint density at radius 3 is 2.71 bits per heavy atom. The maximum absolute atomic E-state index is 5.69. The topological polar surface area (TPSA) is 41.3 Å². The van der Waals surface area contributed by atoms with E-state index in [4.69, 9.17) is 5.73 Å². The SMILES string of the molecule is CCCCC1CC(NCCC)CN(CCN)C1.